The summed E-state index contributed by atoms with van der Waals surface area (Å²) in [6.07, 6.45) is 8.07. The second kappa shape index (κ2) is 4.19. The highest BCUT2D eigenvalue weighted by Gasteiger charge is 2.48. The number of aliphatic imine (C=N–C) groups is 1. The number of amidine groups is 1. The minimum atomic E-state index is 0.150. The fraction of sp³-hybridized carbons (Fsp3) is 0.600. The maximum absolute atomic E-state index is 11.1. The Morgan fingerprint density at radius 3 is 2.60 bits per heavy atom. The van der Waals surface area contributed by atoms with E-state index in [1.54, 1.807) is 0 Å². The normalized spacial score (nSPS) is 36.1. The van der Waals surface area contributed by atoms with E-state index in [1.807, 2.05) is 12.1 Å². The fourth-order valence-electron chi connectivity index (χ4n) is 4.09. The lowest BCUT2D eigenvalue weighted by Gasteiger charge is -2.43. The van der Waals surface area contributed by atoms with E-state index >= 15 is 0 Å². The first-order chi connectivity index (χ1) is 9.65. The van der Waals surface area contributed by atoms with Gasteiger partial charge in [0.05, 0.1) is 12.1 Å². The highest BCUT2D eigenvalue weighted by Crippen LogP contribution is 2.41. The molecule has 2 bridgehead atoms. The molecule has 3 aliphatic heterocycles. The van der Waals surface area contributed by atoms with Crippen molar-refractivity contribution in [3.63, 3.8) is 0 Å². The summed E-state index contributed by atoms with van der Waals surface area (Å²) in [5, 5.41) is 14.8. The Bertz CT molecular complexity index is 539. The van der Waals surface area contributed by atoms with Crippen LogP contribution in [0, 0.1) is 5.21 Å². The van der Waals surface area contributed by atoms with Crippen molar-refractivity contribution in [2.45, 2.75) is 43.3 Å². The molecule has 0 radical (unpaired) electrons. The number of nitrogens with one attached hydrogen (secondary N) is 1. The van der Waals surface area contributed by atoms with Crippen molar-refractivity contribution in [1.82, 2.24) is 10.2 Å². The van der Waals surface area contributed by atoms with E-state index < -0.39 is 0 Å². The Morgan fingerprint density at radius 2 is 1.95 bits per heavy atom. The van der Waals surface area contributed by atoms with Gasteiger partial charge in [0.2, 0.25) is 0 Å². The van der Waals surface area contributed by atoms with E-state index in [-0.39, 0.29) is 5.54 Å². The Labute approximate surface area is 118 Å². The van der Waals surface area contributed by atoms with Gasteiger partial charge >= 0.3 is 0 Å². The monoisotopic (exact) mass is 272 g/mol. The molecule has 0 amide bonds. The minimum absolute atomic E-state index is 0.150. The van der Waals surface area contributed by atoms with Gasteiger partial charge < -0.3 is 15.4 Å². The van der Waals surface area contributed by atoms with Crippen molar-refractivity contribution in [2.24, 2.45) is 4.99 Å². The SMILES string of the molecule is CN1C2CCC1CC1(CN=C(c3cc[n+]([O-])cc3)N1)C2. The average molecular weight is 272 g/mol. The summed E-state index contributed by atoms with van der Waals surface area (Å²) in [7, 11) is 2.26. The van der Waals surface area contributed by atoms with E-state index in [9.17, 15) is 5.21 Å². The predicted octanol–water partition coefficient (Wildman–Crippen LogP) is 0.665. The first kappa shape index (κ1) is 12.1. The van der Waals surface area contributed by atoms with Crippen LogP contribution in [-0.4, -0.2) is 42.0 Å². The molecule has 1 aromatic rings. The molecule has 5 heteroatoms. The smallest absolute Gasteiger partial charge is 0.181 e. The van der Waals surface area contributed by atoms with Crippen LogP contribution in [0.15, 0.2) is 29.5 Å². The Morgan fingerprint density at radius 1 is 1.30 bits per heavy atom. The predicted molar refractivity (Wildman–Crippen MR) is 76.5 cm³/mol. The van der Waals surface area contributed by atoms with Crippen LogP contribution in [0.4, 0.5) is 0 Å². The molecule has 1 spiro atoms. The third-order valence-electron chi connectivity index (χ3n) is 5.24. The molecular formula is C15H20N4O. The van der Waals surface area contributed by atoms with Crippen molar-refractivity contribution in [3.05, 3.63) is 35.3 Å². The molecule has 2 fully saturated rings. The van der Waals surface area contributed by atoms with Gasteiger partial charge in [-0.05, 0) is 32.7 Å². The molecule has 0 aliphatic carbocycles. The fourth-order valence-corrected chi connectivity index (χ4v) is 4.09. The first-order valence-corrected chi connectivity index (χ1v) is 7.39. The molecule has 2 saturated heterocycles. The van der Waals surface area contributed by atoms with Gasteiger partial charge in [-0.1, -0.05) is 0 Å². The van der Waals surface area contributed by atoms with Crippen LogP contribution in [0.2, 0.25) is 0 Å². The van der Waals surface area contributed by atoms with Crippen LogP contribution < -0.4 is 10.0 Å². The lowest BCUT2D eigenvalue weighted by Crippen LogP contribution is -2.57. The van der Waals surface area contributed by atoms with Crippen LogP contribution in [0.5, 0.6) is 0 Å². The molecule has 2 atom stereocenters. The second-order valence-corrected chi connectivity index (χ2v) is 6.48. The average Bonchev–Trinajstić information content (AvgIpc) is 2.91. The molecule has 106 valence electrons. The van der Waals surface area contributed by atoms with Gasteiger partial charge in [-0.2, -0.15) is 4.73 Å². The van der Waals surface area contributed by atoms with E-state index in [1.165, 1.54) is 38.1 Å². The molecule has 1 N–H and O–H groups in total. The van der Waals surface area contributed by atoms with Gasteiger partial charge in [0.1, 0.15) is 5.84 Å². The standard InChI is InChI=1S/C15H20N4O/c1-18-12-2-3-13(18)9-15(8-12)10-16-14(17-15)11-4-6-19(20)7-5-11/h4-7,12-13H,2-3,8-10H2,1H3,(H,16,17). The van der Waals surface area contributed by atoms with Gasteiger partial charge in [0, 0.05) is 29.8 Å². The van der Waals surface area contributed by atoms with E-state index in [4.69, 9.17) is 4.99 Å². The van der Waals surface area contributed by atoms with Crippen LogP contribution in [0.25, 0.3) is 0 Å². The van der Waals surface area contributed by atoms with Crippen LogP contribution in [0.1, 0.15) is 31.2 Å². The highest BCUT2D eigenvalue weighted by molar-refractivity contribution is 6.00. The topological polar surface area (TPSA) is 54.6 Å². The number of rotatable bonds is 1. The number of hydrogen-bond donors (Lipinski definition) is 1. The molecule has 4 heterocycles. The molecular weight excluding hydrogens is 252 g/mol. The second-order valence-electron chi connectivity index (χ2n) is 6.48. The van der Waals surface area contributed by atoms with Crippen molar-refractivity contribution in [2.75, 3.05) is 13.6 Å². The molecule has 0 saturated carbocycles. The molecule has 3 aliphatic rings. The van der Waals surface area contributed by atoms with Crippen molar-refractivity contribution in [1.29, 1.82) is 0 Å². The van der Waals surface area contributed by atoms with Gasteiger partial charge in [-0.3, -0.25) is 4.99 Å². The summed E-state index contributed by atoms with van der Waals surface area (Å²) in [4.78, 5) is 7.26. The third-order valence-corrected chi connectivity index (χ3v) is 5.24. The molecule has 2 unspecified atom stereocenters. The quantitative estimate of drug-likeness (QED) is 0.604. The molecule has 1 aromatic heterocycles. The first-order valence-electron chi connectivity index (χ1n) is 7.39. The van der Waals surface area contributed by atoms with E-state index in [0.717, 1.165) is 22.7 Å². The highest BCUT2D eigenvalue weighted by atomic mass is 16.5. The lowest BCUT2D eigenvalue weighted by atomic mass is 9.83. The molecule has 4 rings (SSSR count). The van der Waals surface area contributed by atoms with Crippen molar-refractivity contribution >= 4 is 5.84 Å². The van der Waals surface area contributed by atoms with Gasteiger partial charge in [0.25, 0.3) is 0 Å². The third kappa shape index (κ3) is 1.80. The Hall–Kier alpha value is -1.62. The lowest BCUT2D eigenvalue weighted by molar-refractivity contribution is -0.605. The minimum Gasteiger partial charge on any atom is -0.619 e. The number of piperidine rings is 1. The zero-order valence-corrected chi connectivity index (χ0v) is 11.7. The summed E-state index contributed by atoms with van der Waals surface area (Å²) in [6, 6.07) is 5.08. The summed E-state index contributed by atoms with van der Waals surface area (Å²) in [5.74, 6) is 0.953. The zero-order valence-electron chi connectivity index (χ0n) is 11.7. The number of pyridine rings is 1. The Kier molecular flexibility index (Phi) is 2.54. The van der Waals surface area contributed by atoms with Crippen LogP contribution >= 0.6 is 0 Å². The maximum Gasteiger partial charge on any atom is 0.181 e. The largest absolute Gasteiger partial charge is 0.619 e. The molecule has 5 nitrogen and oxygen atoms in total. The van der Waals surface area contributed by atoms with E-state index in [2.05, 4.69) is 17.3 Å². The summed E-state index contributed by atoms with van der Waals surface area (Å²) in [5.41, 5.74) is 1.16. The summed E-state index contributed by atoms with van der Waals surface area (Å²) < 4.78 is 0.810. The van der Waals surface area contributed by atoms with Gasteiger partial charge in [-0.25, -0.2) is 0 Å². The Balaban J connectivity index is 1.54. The molecule has 0 aromatic carbocycles. The number of aromatic nitrogens is 1. The summed E-state index contributed by atoms with van der Waals surface area (Å²) >= 11 is 0. The van der Waals surface area contributed by atoms with Gasteiger partial charge in [-0.15, -0.1) is 0 Å². The zero-order chi connectivity index (χ0) is 13.7. The van der Waals surface area contributed by atoms with Crippen molar-refractivity contribution < 1.29 is 4.73 Å². The van der Waals surface area contributed by atoms with E-state index in [0.29, 0.717) is 12.1 Å². The van der Waals surface area contributed by atoms with Crippen molar-refractivity contribution in [3.8, 4) is 0 Å². The summed E-state index contributed by atoms with van der Waals surface area (Å²) in [6.45, 7) is 0.870. The molecule has 20 heavy (non-hydrogen) atoms. The van der Waals surface area contributed by atoms with Gasteiger partial charge in [0.15, 0.2) is 12.4 Å². The maximum atomic E-state index is 11.1. The number of hydrogen-bond acceptors (Lipinski definition) is 4. The number of fused-ring (bicyclic) bond motifs is 2. The number of nitrogens with zero attached hydrogens (tertiary/aromatic N) is 3. The van der Waals surface area contributed by atoms with Crippen LogP contribution in [0.3, 0.4) is 0 Å². The van der Waals surface area contributed by atoms with Crippen LogP contribution in [-0.2, 0) is 0 Å².